The van der Waals surface area contributed by atoms with Crippen molar-refractivity contribution in [3.63, 3.8) is 0 Å². The Balaban J connectivity index is 1.49. The smallest absolute Gasteiger partial charge is 0.269 e. The summed E-state index contributed by atoms with van der Waals surface area (Å²) >= 11 is 0. The van der Waals surface area contributed by atoms with Crippen molar-refractivity contribution in [3.05, 3.63) is 101 Å². The number of nitrogens with one attached hydrogen (secondary N) is 1. The van der Waals surface area contributed by atoms with Crippen molar-refractivity contribution in [1.29, 1.82) is 0 Å². The topological polar surface area (TPSA) is 104 Å². The van der Waals surface area contributed by atoms with Gasteiger partial charge in [0.25, 0.3) is 15.9 Å². The van der Waals surface area contributed by atoms with E-state index in [4.69, 9.17) is 0 Å². The molecule has 40 heavy (non-hydrogen) atoms. The summed E-state index contributed by atoms with van der Waals surface area (Å²) in [5.41, 5.74) is 1.36. The summed E-state index contributed by atoms with van der Waals surface area (Å²) in [6.45, 7) is -0.844. The molecule has 0 aromatic heterocycles. The third kappa shape index (κ3) is 5.77. The molecule has 5 rings (SSSR count). The van der Waals surface area contributed by atoms with Crippen LogP contribution >= 0.6 is 0 Å². The first kappa shape index (κ1) is 27.5. The SMILES string of the molecule is O=C(NC1CCCC1)[C@@H](Cc1ccccc1)N(Cc1ccc(F)cc1)C(=O)CN1C(=O)c2ccccc2S1(=O)=O. The molecule has 1 atom stereocenters. The summed E-state index contributed by atoms with van der Waals surface area (Å²) in [7, 11) is -4.24. The van der Waals surface area contributed by atoms with Crippen molar-refractivity contribution in [1.82, 2.24) is 14.5 Å². The highest BCUT2D eigenvalue weighted by Crippen LogP contribution is 2.30. The standard InChI is InChI=1S/C30H30FN3O5S/c31-23-16-14-22(15-17-23)19-33(28(35)20-34-30(37)25-12-6-7-13-27(25)40(34,38)39)26(18-21-8-2-1-3-9-21)29(36)32-24-10-4-5-11-24/h1-3,6-9,12-17,24,26H,4-5,10-11,18-20H2,(H,32,36)/t26-/m1/s1. The van der Waals surface area contributed by atoms with Gasteiger partial charge in [-0.05, 0) is 48.2 Å². The summed E-state index contributed by atoms with van der Waals surface area (Å²) in [5, 5.41) is 3.07. The van der Waals surface area contributed by atoms with Crippen LogP contribution in [0.1, 0.15) is 47.2 Å². The highest BCUT2D eigenvalue weighted by molar-refractivity contribution is 7.90. The van der Waals surface area contributed by atoms with Crippen molar-refractivity contribution in [2.75, 3.05) is 6.54 Å². The fourth-order valence-corrected chi connectivity index (χ4v) is 6.83. The molecule has 8 nitrogen and oxygen atoms in total. The highest BCUT2D eigenvalue weighted by atomic mass is 32.2. The molecule has 1 N–H and O–H groups in total. The normalized spacial score (nSPS) is 16.9. The lowest BCUT2D eigenvalue weighted by Gasteiger charge is -2.33. The molecule has 0 unspecified atom stereocenters. The summed E-state index contributed by atoms with van der Waals surface area (Å²) < 4.78 is 40.6. The molecule has 10 heteroatoms. The number of benzene rings is 3. The Hall–Kier alpha value is -4.05. The third-order valence-electron chi connectivity index (χ3n) is 7.43. The van der Waals surface area contributed by atoms with Crippen LogP contribution in [0.15, 0.2) is 83.8 Å². The molecule has 3 aromatic rings. The molecule has 0 saturated heterocycles. The minimum Gasteiger partial charge on any atom is -0.352 e. The fraction of sp³-hybridized carbons (Fsp3) is 0.300. The summed E-state index contributed by atoms with van der Waals surface area (Å²) in [6, 6.07) is 19.5. The van der Waals surface area contributed by atoms with E-state index >= 15 is 0 Å². The molecule has 3 amide bonds. The minimum absolute atomic E-state index is 0.000182. The molecule has 1 fully saturated rings. The van der Waals surface area contributed by atoms with Crippen molar-refractivity contribution < 1.29 is 27.2 Å². The first-order valence-electron chi connectivity index (χ1n) is 13.3. The Morgan fingerprint density at radius 1 is 0.925 bits per heavy atom. The van der Waals surface area contributed by atoms with E-state index in [1.807, 2.05) is 30.3 Å². The molecule has 208 valence electrons. The number of fused-ring (bicyclic) bond motifs is 1. The maximum atomic E-state index is 13.9. The van der Waals surface area contributed by atoms with Gasteiger partial charge in [-0.3, -0.25) is 14.4 Å². The number of amides is 3. The van der Waals surface area contributed by atoms with Gasteiger partial charge in [-0.1, -0.05) is 67.4 Å². The minimum atomic E-state index is -4.24. The van der Waals surface area contributed by atoms with E-state index in [2.05, 4.69) is 5.32 Å². The van der Waals surface area contributed by atoms with Crippen LogP contribution in [0.4, 0.5) is 4.39 Å². The average molecular weight is 564 g/mol. The van der Waals surface area contributed by atoms with Crippen LogP contribution in [-0.4, -0.2) is 54.0 Å². The molecule has 3 aromatic carbocycles. The van der Waals surface area contributed by atoms with Crippen LogP contribution in [0, 0.1) is 5.82 Å². The van der Waals surface area contributed by atoms with Crippen molar-refractivity contribution in [2.45, 2.75) is 55.6 Å². The lowest BCUT2D eigenvalue weighted by molar-refractivity contribution is -0.141. The fourth-order valence-electron chi connectivity index (χ4n) is 5.31. The van der Waals surface area contributed by atoms with Gasteiger partial charge in [-0.25, -0.2) is 17.1 Å². The number of halogens is 1. The van der Waals surface area contributed by atoms with Crippen molar-refractivity contribution >= 4 is 27.7 Å². The molecule has 2 aliphatic rings. The molecule has 1 saturated carbocycles. The first-order valence-corrected chi connectivity index (χ1v) is 14.7. The van der Waals surface area contributed by atoms with Crippen LogP contribution < -0.4 is 5.32 Å². The predicted octanol–water partition coefficient (Wildman–Crippen LogP) is 3.67. The average Bonchev–Trinajstić information content (AvgIpc) is 3.53. The van der Waals surface area contributed by atoms with E-state index in [1.54, 1.807) is 6.07 Å². The number of sulfonamides is 1. The third-order valence-corrected chi connectivity index (χ3v) is 9.22. The van der Waals surface area contributed by atoms with Gasteiger partial charge >= 0.3 is 0 Å². The molecule has 0 radical (unpaired) electrons. The van der Waals surface area contributed by atoms with E-state index in [0.717, 1.165) is 31.2 Å². The maximum Gasteiger partial charge on any atom is 0.269 e. The summed E-state index contributed by atoms with van der Waals surface area (Å²) in [6.07, 6.45) is 3.86. The number of rotatable bonds is 9. The van der Waals surface area contributed by atoms with Gasteiger partial charge in [0.2, 0.25) is 11.8 Å². The van der Waals surface area contributed by atoms with E-state index < -0.39 is 40.2 Å². The van der Waals surface area contributed by atoms with Gasteiger partial charge in [0.15, 0.2) is 0 Å². The molecular formula is C30H30FN3O5S. The molecular weight excluding hydrogens is 533 g/mol. The van der Waals surface area contributed by atoms with Crippen LogP contribution in [0.3, 0.4) is 0 Å². The summed E-state index contributed by atoms with van der Waals surface area (Å²) in [5.74, 6) is -2.31. The van der Waals surface area contributed by atoms with Crippen LogP contribution in [0.2, 0.25) is 0 Å². The van der Waals surface area contributed by atoms with Crippen molar-refractivity contribution in [2.24, 2.45) is 0 Å². The maximum absolute atomic E-state index is 13.9. The van der Waals surface area contributed by atoms with Gasteiger partial charge < -0.3 is 10.2 Å². The van der Waals surface area contributed by atoms with E-state index in [1.165, 1.54) is 47.4 Å². The van der Waals surface area contributed by atoms with E-state index in [9.17, 15) is 27.2 Å². The molecule has 0 bridgehead atoms. The number of hydrogen-bond acceptors (Lipinski definition) is 5. The monoisotopic (exact) mass is 563 g/mol. The second-order valence-corrected chi connectivity index (χ2v) is 12.0. The van der Waals surface area contributed by atoms with Gasteiger partial charge in [-0.2, -0.15) is 0 Å². The lowest BCUT2D eigenvalue weighted by Crippen LogP contribution is -2.54. The van der Waals surface area contributed by atoms with Crippen molar-refractivity contribution in [3.8, 4) is 0 Å². The van der Waals surface area contributed by atoms with E-state index in [-0.39, 0.29) is 35.4 Å². The first-order chi connectivity index (χ1) is 19.2. The van der Waals surface area contributed by atoms with Gasteiger partial charge in [0.1, 0.15) is 23.3 Å². The second kappa shape index (κ2) is 11.6. The number of nitrogens with zero attached hydrogens (tertiary/aromatic N) is 2. The second-order valence-electron chi connectivity index (χ2n) is 10.2. The number of carbonyl (C=O) groups is 3. The lowest BCUT2D eigenvalue weighted by atomic mass is 10.0. The molecule has 0 spiro atoms. The Morgan fingerprint density at radius 3 is 2.25 bits per heavy atom. The zero-order valence-electron chi connectivity index (χ0n) is 21.8. The number of hydrogen-bond donors (Lipinski definition) is 1. The zero-order valence-corrected chi connectivity index (χ0v) is 22.6. The van der Waals surface area contributed by atoms with E-state index in [0.29, 0.717) is 9.87 Å². The van der Waals surface area contributed by atoms with Gasteiger partial charge in [0.05, 0.1) is 5.56 Å². The van der Waals surface area contributed by atoms with Crippen LogP contribution in [0.25, 0.3) is 0 Å². The molecule has 1 heterocycles. The Kier molecular flexibility index (Phi) is 7.97. The quantitative estimate of drug-likeness (QED) is 0.428. The van der Waals surface area contributed by atoms with Crippen LogP contribution in [0.5, 0.6) is 0 Å². The zero-order chi connectivity index (χ0) is 28.3. The Bertz CT molecular complexity index is 1510. The highest BCUT2D eigenvalue weighted by Gasteiger charge is 2.43. The summed E-state index contributed by atoms with van der Waals surface area (Å²) in [4.78, 5) is 41.9. The Labute approximate surface area is 232 Å². The molecule has 1 aliphatic heterocycles. The molecule has 1 aliphatic carbocycles. The largest absolute Gasteiger partial charge is 0.352 e. The van der Waals surface area contributed by atoms with Crippen LogP contribution in [-0.2, 0) is 32.6 Å². The predicted molar refractivity (Wildman–Crippen MR) is 146 cm³/mol. The van der Waals surface area contributed by atoms with Gasteiger partial charge in [-0.15, -0.1) is 0 Å². The van der Waals surface area contributed by atoms with Gasteiger partial charge in [0, 0.05) is 19.0 Å². The number of carbonyl (C=O) groups excluding carboxylic acids is 3. The Morgan fingerprint density at radius 2 is 1.57 bits per heavy atom.